The van der Waals surface area contributed by atoms with Crippen LogP contribution >= 0.6 is 23.5 Å². The van der Waals surface area contributed by atoms with Gasteiger partial charge in [0.2, 0.25) is 10.0 Å². The second-order valence-corrected chi connectivity index (χ2v) is 11.0. The maximum atomic E-state index is 12.9. The number of likely N-dealkylation sites (tertiary alicyclic amines) is 1. The quantitative estimate of drug-likeness (QED) is 0.446. The number of aryl methyl sites for hydroxylation is 1. The van der Waals surface area contributed by atoms with Crippen LogP contribution in [-0.4, -0.2) is 50.9 Å². The molecule has 5 nitrogen and oxygen atoms in total. The van der Waals surface area contributed by atoms with E-state index in [-0.39, 0.29) is 10.8 Å². The number of sulfonamides is 1. The van der Waals surface area contributed by atoms with Gasteiger partial charge in [-0.15, -0.1) is 11.8 Å². The van der Waals surface area contributed by atoms with Crippen LogP contribution in [0.15, 0.2) is 52.3 Å². The van der Waals surface area contributed by atoms with Crippen LogP contribution in [0.4, 0.5) is 0 Å². The molecule has 0 bridgehead atoms. The minimum Gasteiger partial charge on any atom is -0.339 e. The lowest BCUT2D eigenvalue weighted by Gasteiger charge is -2.18. The van der Waals surface area contributed by atoms with Crippen LogP contribution in [0.5, 0.6) is 0 Å². The zero-order chi connectivity index (χ0) is 21.6. The van der Waals surface area contributed by atoms with Gasteiger partial charge in [-0.1, -0.05) is 29.8 Å². The number of benzene rings is 2. The van der Waals surface area contributed by atoms with Crippen molar-refractivity contribution in [1.82, 2.24) is 9.62 Å². The number of nitrogens with zero attached hydrogens (tertiary/aromatic N) is 1. The Morgan fingerprint density at radius 3 is 2.60 bits per heavy atom. The van der Waals surface area contributed by atoms with E-state index in [1.807, 2.05) is 12.3 Å². The number of hydrogen-bond acceptors (Lipinski definition) is 5. The molecule has 1 N–H and O–H groups in total. The molecule has 2 aromatic rings. The van der Waals surface area contributed by atoms with Gasteiger partial charge < -0.3 is 4.90 Å². The van der Waals surface area contributed by atoms with Crippen LogP contribution in [-0.2, 0) is 15.8 Å². The summed E-state index contributed by atoms with van der Waals surface area (Å²) in [7, 11) is -3.66. The zero-order valence-corrected chi connectivity index (χ0v) is 19.8. The van der Waals surface area contributed by atoms with Crippen molar-refractivity contribution in [3.05, 3.63) is 59.2 Å². The molecule has 0 spiro atoms. The predicted molar refractivity (Wildman–Crippen MR) is 126 cm³/mol. The molecule has 30 heavy (non-hydrogen) atoms. The van der Waals surface area contributed by atoms with E-state index in [1.165, 1.54) is 29.0 Å². The smallest absolute Gasteiger partial charge is 0.255 e. The van der Waals surface area contributed by atoms with Gasteiger partial charge in [-0.25, -0.2) is 13.1 Å². The lowest BCUT2D eigenvalue weighted by Crippen LogP contribution is -2.29. The summed E-state index contributed by atoms with van der Waals surface area (Å²) < 4.78 is 28.2. The molecule has 1 aliphatic heterocycles. The molecule has 0 unspecified atom stereocenters. The summed E-state index contributed by atoms with van der Waals surface area (Å²) >= 11 is 3.15. The molecule has 0 aliphatic carbocycles. The lowest BCUT2D eigenvalue weighted by atomic mass is 10.2. The number of carbonyl (C=O) groups excluding carboxylic acids is 1. The Bertz CT molecular complexity index is 987. The average molecular weight is 465 g/mol. The number of rotatable bonds is 9. The molecular formula is C22H28N2O3S3. The number of thioether (sulfide) groups is 2. The third kappa shape index (κ3) is 6.03. The normalized spacial score (nSPS) is 14.3. The highest BCUT2D eigenvalue weighted by Crippen LogP contribution is 2.26. The number of nitrogens with one attached hydrogen (secondary N) is 1. The van der Waals surface area contributed by atoms with Crippen LogP contribution in [0.25, 0.3) is 0 Å². The van der Waals surface area contributed by atoms with Crippen LogP contribution in [0.1, 0.15) is 34.3 Å². The number of carbonyl (C=O) groups is 1. The van der Waals surface area contributed by atoms with Gasteiger partial charge in [-0.2, -0.15) is 11.8 Å². The fourth-order valence-electron chi connectivity index (χ4n) is 3.44. The lowest BCUT2D eigenvalue weighted by molar-refractivity contribution is 0.0789. The molecule has 1 saturated heterocycles. The van der Waals surface area contributed by atoms with Gasteiger partial charge in [0.15, 0.2) is 0 Å². The summed E-state index contributed by atoms with van der Waals surface area (Å²) in [5.41, 5.74) is 2.93. The molecule has 0 saturated carbocycles. The van der Waals surface area contributed by atoms with E-state index in [2.05, 4.69) is 29.8 Å². The molecule has 8 heteroatoms. The van der Waals surface area contributed by atoms with Gasteiger partial charge in [0.1, 0.15) is 0 Å². The first kappa shape index (κ1) is 23.2. The monoisotopic (exact) mass is 464 g/mol. The van der Waals surface area contributed by atoms with Crippen LogP contribution in [0, 0.1) is 6.92 Å². The number of hydrogen-bond donors (Lipinski definition) is 1. The van der Waals surface area contributed by atoms with Crippen molar-refractivity contribution in [2.45, 2.75) is 35.3 Å². The van der Waals surface area contributed by atoms with E-state index in [0.717, 1.165) is 36.6 Å². The van der Waals surface area contributed by atoms with Crippen LogP contribution in [0.3, 0.4) is 0 Å². The van der Waals surface area contributed by atoms with E-state index in [9.17, 15) is 13.2 Å². The molecule has 3 rings (SSSR count). The van der Waals surface area contributed by atoms with E-state index < -0.39 is 10.0 Å². The van der Waals surface area contributed by atoms with E-state index >= 15 is 0 Å². The molecule has 1 fully saturated rings. The Hall–Kier alpha value is -1.48. The fraction of sp³-hybridized carbons (Fsp3) is 0.409. The summed E-state index contributed by atoms with van der Waals surface area (Å²) in [6.45, 7) is 3.88. The zero-order valence-electron chi connectivity index (χ0n) is 17.4. The van der Waals surface area contributed by atoms with Crippen molar-refractivity contribution in [1.29, 1.82) is 0 Å². The standard InChI is InChI=1S/C22H28N2O3S3/c1-17-6-5-7-18(14-17)16-29-13-10-23-30(26,27)19-8-9-21(28-2)20(15-19)22(25)24-11-3-4-12-24/h5-9,14-15,23H,3-4,10-13,16H2,1-2H3. The topological polar surface area (TPSA) is 66.5 Å². The maximum absolute atomic E-state index is 12.9. The molecule has 0 aromatic heterocycles. The molecular weight excluding hydrogens is 436 g/mol. The third-order valence-corrected chi connectivity index (χ3v) is 8.28. The molecule has 1 aliphatic rings. The molecule has 1 amide bonds. The minimum atomic E-state index is -3.66. The summed E-state index contributed by atoms with van der Waals surface area (Å²) in [6.07, 6.45) is 3.90. The molecule has 162 valence electrons. The highest BCUT2D eigenvalue weighted by molar-refractivity contribution is 7.98. The van der Waals surface area contributed by atoms with Crippen molar-refractivity contribution in [2.24, 2.45) is 0 Å². The minimum absolute atomic E-state index is 0.0809. The van der Waals surface area contributed by atoms with Gasteiger partial charge in [-0.3, -0.25) is 4.79 Å². The van der Waals surface area contributed by atoms with E-state index in [0.29, 0.717) is 17.9 Å². The Balaban J connectivity index is 1.60. The predicted octanol–water partition coefficient (Wildman–Crippen LogP) is 4.16. The van der Waals surface area contributed by atoms with Gasteiger partial charge in [0.05, 0.1) is 10.5 Å². The van der Waals surface area contributed by atoms with E-state index in [4.69, 9.17) is 0 Å². The maximum Gasteiger partial charge on any atom is 0.255 e. The van der Waals surface area contributed by atoms with Crippen molar-refractivity contribution < 1.29 is 13.2 Å². The van der Waals surface area contributed by atoms with Crippen LogP contribution in [0.2, 0.25) is 0 Å². The average Bonchev–Trinajstić information content (AvgIpc) is 3.27. The fourth-order valence-corrected chi connectivity index (χ4v) is 6.00. The SMILES string of the molecule is CSc1ccc(S(=O)(=O)NCCSCc2cccc(C)c2)cc1C(=O)N1CCCC1. The van der Waals surface area contributed by atoms with Crippen LogP contribution < -0.4 is 4.72 Å². The first-order valence-electron chi connectivity index (χ1n) is 10.0. The first-order chi connectivity index (χ1) is 14.4. The van der Waals surface area contributed by atoms with Crippen molar-refractivity contribution in [3.8, 4) is 0 Å². The summed E-state index contributed by atoms with van der Waals surface area (Å²) in [6, 6.07) is 13.2. The summed E-state index contributed by atoms with van der Waals surface area (Å²) in [5, 5.41) is 0. The first-order valence-corrected chi connectivity index (χ1v) is 13.9. The largest absolute Gasteiger partial charge is 0.339 e. The Kier molecular flexibility index (Phi) is 8.27. The Morgan fingerprint density at radius 1 is 1.13 bits per heavy atom. The van der Waals surface area contributed by atoms with Crippen molar-refractivity contribution >= 4 is 39.5 Å². The molecule has 2 aromatic carbocycles. The van der Waals surface area contributed by atoms with Gasteiger partial charge >= 0.3 is 0 Å². The summed E-state index contributed by atoms with van der Waals surface area (Å²) in [5.74, 6) is 1.44. The van der Waals surface area contributed by atoms with Crippen molar-refractivity contribution in [3.63, 3.8) is 0 Å². The third-order valence-electron chi connectivity index (χ3n) is 4.99. The Morgan fingerprint density at radius 2 is 1.90 bits per heavy atom. The van der Waals surface area contributed by atoms with E-state index in [1.54, 1.807) is 28.8 Å². The van der Waals surface area contributed by atoms with Gasteiger partial charge in [-0.05, 0) is 49.8 Å². The molecule has 0 radical (unpaired) electrons. The highest BCUT2D eigenvalue weighted by atomic mass is 32.2. The molecule has 1 heterocycles. The number of amides is 1. The van der Waals surface area contributed by atoms with Crippen molar-refractivity contribution in [2.75, 3.05) is 31.6 Å². The second kappa shape index (κ2) is 10.7. The molecule has 0 atom stereocenters. The second-order valence-electron chi connectivity index (χ2n) is 7.30. The van der Waals surface area contributed by atoms with Gasteiger partial charge in [0.25, 0.3) is 5.91 Å². The Labute approximate surface area is 188 Å². The summed E-state index contributed by atoms with van der Waals surface area (Å²) in [4.78, 5) is 15.6. The van der Waals surface area contributed by atoms with Gasteiger partial charge in [0, 0.05) is 36.0 Å². The highest BCUT2D eigenvalue weighted by Gasteiger charge is 2.24.